The normalized spacial score (nSPS) is 21.8. The standard InChI is InChI=1S/C30H33F3N6O5S2/c1-16-13-38(8-7-34-16)21-6-5-20(24(17-3-4-17)26(21)43-2)36-29-35-12-19(30(31,32)33)25(37-29)22-11-23-27(45-22)28(40)39(18-14-44-15-18)9-10-46(23,41)42/h5-6,11-12,16-18,34H,3-4,7-10,13-15H2,1-2H3,(H,35,36,37). The minimum Gasteiger partial charge on any atom is -0.494 e. The Morgan fingerprint density at radius 1 is 1.20 bits per heavy atom. The van der Waals surface area contributed by atoms with E-state index < -0.39 is 33.2 Å². The molecule has 46 heavy (non-hydrogen) atoms. The van der Waals surface area contributed by atoms with Gasteiger partial charge in [-0.3, -0.25) is 4.79 Å². The number of anilines is 3. The van der Waals surface area contributed by atoms with Crippen molar-refractivity contribution in [2.75, 3.05) is 62.5 Å². The van der Waals surface area contributed by atoms with E-state index in [-0.39, 0.29) is 58.1 Å². The molecule has 3 aliphatic heterocycles. The number of alkyl halides is 3. The van der Waals surface area contributed by atoms with Gasteiger partial charge in [0.15, 0.2) is 9.84 Å². The summed E-state index contributed by atoms with van der Waals surface area (Å²) >= 11 is 0.695. The van der Waals surface area contributed by atoms with Crippen LogP contribution in [-0.4, -0.2) is 93.5 Å². The summed E-state index contributed by atoms with van der Waals surface area (Å²) in [5, 5.41) is 6.56. The third-order valence-corrected chi connectivity index (χ3v) is 11.8. The van der Waals surface area contributed by atoms with E-state index in [0.29, 0.717) is 35.0 Å². The zero-order valence-electron chi connectivity index (χ0n) is 25.2. The number of nitrogens with zero attached hydrogens (tertiary/aromatic N) is 4. The van der Waals surface area contributed by atoms with Crippen LogP contribution >= 0.6 is 11.3 Å². The van der Waals surface area contributed by atoms with Gasteiger partial charge in [0.05, 0.1) is 53.3 Å². The number of fused-ring (bicyclic) bond motifs is 1. The zero-order chi connectivity index (χ0) is 32.4. The van der Waals surface area contributed by atoms with Crippen LogP contribution in [0.4, 0.5) is 30.5 Å². The van der Waals surface area contributed by atoms with Crippen LogP contribution in [-0.2, 0) is 20.8 Å². The molecular formula is C30H33F3N6O5S2. The first-order valence-corrected chi connectivity index (χ1v) is 17.6. The smallest absolute Gasteiger partial charge is 0.420 e. The lowest BCUT2D eigenvalue weighted by atomic mass is 10.0. The minimum absolute atomic E-state index is 0.0133. The number of methoxy groups -OCH3 is 1. The molecule has 1 amide bonds. The van der Waals surface area contributed by atoms with Crippen molar-refractivity contribution in [1.29, 1.82) is 0 Å². The maximum absolute atomic E-state index is 14.3. The molecule has 1 saturated carbocycles. The molecule has 2 N–H and O–H groups in total. The fourth-order valence-electron chi connectivity index (χ4n) is 6.23. The highest BCUT2D eigenvalue weighted by atomic mass is 32.2. The van der Waals surface area contributed by atoms with Crippen molar-refractivity contribution in [2.45, 2.75) is 48.8 Å². The summed E-state index contributed by atoms with van der Waals surface area (Å²) in [5.41, 5.74) is 0.847. The molecule has 0 radical (unpaired) electrons. The molecule has 3 fully saturated rings. The Bertz CT molecular complexity index is 1790. The average molecular weight is 679 g/mol. The Kier molecular flexibility index (Phi) is 7.89. The van der Waals surface area contributed by atoms with Crippen LogP contribution in [0, 0.1) is 0 Å². The van der Waals surface area contributed by atoms with Crippen LogP contribution < -0.4 is 20.3 Å². The first-order valence-electron chi connectivity index (χ1n) is 15.1. The number of rotatable bonds is 7. The topological polar surface area (TPSA) is 126 Å². The maximum Gasteiger partial charge on any atom is 0.420 e. The predicted octanol–water partition coefficient (Wildman–Crippen LogP) is 4.28. The van der Waals surface area contributed by atoms with Crippen LogP contribution in [0.5, 0.6) is 5.75 Å². The third-order valence-electron chi connectivity index (χ3n) is 8.80. The number of halogens is 3. The first kappa shape index (κ1) is 31.1. The fourth-order valence-corrected chi connectivity index (χ4v) is 9.15. The molecule has 246 valence electrons. The van der Waals surface area contributed by atoms with Crippen LogP contribution in [0.1, 0.15) is 46.5 Å². The van der Waals surface area contributed by atoms with Gasteiger partial charge in [-0.05, 0) is 43.9 Å². The molecule has 1 aromatic carbocycles. The lowest BCUT2D eigenvalue weighted by Crippen LogP contribution is -2.52. The second-order valence-corrected chi connectivity index (χ2v) is 15.2. The molecule has 0 spiro atoms. The Morgan fingerprint density at radius 3 is 2.63 bits per heavy atom. The van der Waals surface area contributed by atoms with Gasteiger partial charge in [0, 0.05) is 49.7 Å². The van der Waals surface area contributed by atoms with Gasteiger partial charge >= 0.3 is 6.18 Å². The summed E-state index contributed by atoms with van der Waals surface area (Å²) in [5.74, 6) is -0.0561. The molecule has 4 aliphatic rings. The van der Waals surface area contributed by atoms with Crippen molar-refractivity contribution >= 4 is 44.4 Å². The monoisotopic (exact) mass is 678 g/mol. The summed E-state index contributed by atoms with van der Waals surface area (Å²) in [4.78, 5) is 25.0. The minimum atomic E-state index is -4.84. The summed E-state index contributed by atoms with van der Waals surface area (Å²) in [6.07, 6.45) is -2.26. The third kappa shape index (κ3) is 5.69. The fraction of sp³-hybridized carbons (Fsp3) is 0.500. The molecule has 2 saturated heterocycles. The van der Waals surface area contributed by atoms with E-state index in [1.54, 1.807) is 7.11 Å². The number of aromatic nitrogens is 2. The number of thiophene rings is 1. The van der Waals surface area contributed by atoms with E-state index >= 15 is 0 Å². The number of carbonyl (C=O) groups is 1. The largest absolute Gasteiger partial charge is 0.494 e. The van der Waals surface area contributed by atoms with Gasteiger partial charge in [-0.25, -0.2) is 18.4 Å². The summed E-state index contributed by atoms with van der Waals surface area (Å²) < 4.78 is 80.4. The highest BCUT2D eigenvalue weighted by Crippen LogP contribution is 2.52. The second kappa shape index (κ2) is 11.6. The second-order valence-electron chi connectivity index (χ2n) is 12.0. The van der Waals surface area contributed by atoms with Gasteiger partial charge in [0.25, 0.3) is 5.91 Å². The number of benzene rings is 1. The molecule has 3 aromatic rings. The molecule has 1 aliphatic carbocycles. The Morgan fingerprint density at radius 2 is 1.98 bits per heavy atom. The number of hydrogen-bond donors (Lipinski definition) is 2. The molecule has 7 rings (SSSR count). The number of hydrogen-bond acceptors (Lipinski definition) is 11. The van der Waals surface area contributed by atoms with Crippen LogP contribution in [0.3, 0.4) is 0 Å². The average Bonchev–Trinajstić information content (AvgIpc) is 3.73. The number of carbonyl (C=O) groups excluding carboxylic acids is 1. The highest BCUT2D eigenvalue weighted by Gasteiger charge is 2.41. The quantitative estimate of drug-likeness (QED) is 0.374. The van der Waals surface area contributed by atoms with Crippen molar-refractivity contribution in [3.05, 3.63) is 40.4 Å². The SMILES string of the molecule is COc1c(N2CCNC(C)C2)ccc(Nc2ncc(C(F)(F)F)c(-c3cc4c(s3)C(=O)N(C3COC3)CCS4(=O)=O)n2)c1C1CC1. The molecule has 5 heterocycles. The number of nitrogens with one attached hydrogen (secondary N) is 2. The molecule has 0 bridgehead atoms. The van der Waals surface area contributed by atoms with Crippen molar-refractivity contribution < 1.29 is 35.9 Å². The highest BCUT2D eigenvalue weighted by molar-refractivity contribution is 7.91. The Balaban J connectivity index is 1.28. The van der Waals surface area contributed by atoms with Crippen molar-refractivity contribution in [3.8, 4) is 16.3 Å². The number of amides is 1. The Hall–Kier alpha value is -3.47. The number of sulfone groups is 1. The van der Waals surface area contributed by atoms with Gasteiger partial charge in [-0.15, -0.1) is 11.3 Å². The molecular weight excluding hydrogens is 645 g/mol. The summed E-state index contributed by atoms with van der Waals surface area (Å²) in [6.45, 7) is 5.10. The van der Waals surface area contributed by atoms with Crippen LogP contribution in [0.15, 0.2) is 29.3 Å². The van der Waals surface area contributed by atoms with E-state index in [4.69, 9.17) is 9.47 Å². The van der Waals surface area contributed by atoms with Crippen molar-refractivity contribution in [1.82, 2.24) is 20.2 Å². The van der Waals surface area contributed by atoms with Crippen molar-refractivity contribution in [3.63, 3.8) is 0 Å². The molecule has 1 unspecified atom stereocenters. The van der Waals surface area contributed by atoms with Crippen LogP contribution in [0.2, 0.25) is 0 Å². The van der Waals surface area contributed by atoms with Gasteiger partial charge < -0.3 is 29.9 Å². The van der Waals surface area contributed by atoms with E-state index in [1.807, 2.05) is 12.1 Å². The predicted molar refractivity (Wildman–Crippen MR) is 166 cm³/mol. The van der Waals surface area contributed by atoms with Gasteiger partial charge in [-0.1, -0.05) is 0 Å². The lowest BCUT2D eigenvalue weighted by Gasteiger charge is -2.36. The van der Waals surface area contributed by atoms with E-state index in [2.05, 4.69) is 32.4 Å². The van der Waals surface area contributed by atoms with E-state index in [0.717, 1.165) is 49.8 Å². The zero-order valence-corrected chi connectivity index (χ0v) is 26.8. The van der Waals surface area contributed by atoms with Gasteiger partial charge in [0.1, 0.15) is 16.2 Å². The first-order chi connectivity index (χ1) is 21.9. The number of piperazine rings is 1. The van der Waals surface area contributed by atoms with E-state index in [1.165, 1.54) is 4.90 Å². The maximum atomic E-state index is 14.3. The molecule has 16 heteroatoms. The van der Waals surface area contributed by atoms with Crippen LogP contribution in [0.25, 0.3) is 10.6 Å². The summed E-state index contributed by atoms with van der Waals surface area (Å²) in [7, 11) is -2.33. The molecule has 1 atom stereocenters. The van der Waals surface area contributed by atoms with E-state index in [9.17, 15) is 26.4 Å². The van der Waals surface area contributed by atoms with Gasteiger partial charge in [0.2, 0.25) is 5.95 Å². The van der Waals surface area contributed by atoms with Gasteiger partial charge in [-0.2, -0.15) is 13.2 Å². The molecule has 11 nitrogen and oxygen atoms in total. The number of ether oxygens (including phenoxy) is 2. The van der Waals surface area contributed by atoms with Crippen molar-refractivity contribution in [2.24, 2.45) is 0 Å². The summed E-state index contributed by atoms with van der Waals surface area (Å²) in [6, 6.07) is 4.96. The lowest BCUT2D eigenvalue weighted by molar-refractivity contribution is -0.137. The Labute approximate surface area is 268 Å². The molecule has 2 aromatic heterocycles.